The van der Waals surface area contributed by atoms with Crippen LogP contribution in [0.2, 0.25) is 0 Å². The van der Waals surface area contributed by atoms with E-state index in [2.05, 4.69) is 25.0 Å². The van der Waals surface area contributed by atoms with Gasteiger partial charge in [-0.3, -0.25) is 9.40 Å². The van der Waals surface area contributed by atoms with E-state index in [1.807, 2.05) is 12.3 Å². The Morgan fingerprint density at radius 3 is 2.89 bits per heavy atom. The molecule has 2 aromatic carbocycles. The third kappa shape index (κ3) is 4.40. The minimum absolute atomic E-state index is 0.0194. The number of ether oxygens (including phenoxy) is 3. The molecule has 5 rings (SSSR count). The summed E-state index contributed by atoms with van der Waals surface area (Å²) in [6.45, 7) is 1.15. The molecule has 0 saturated carbocycles. The van der Waals surface area contributed by atoms with Gasteiger partial charge >= 0.3 is 6.09 Å². The molecule has 0 fully saturated rings. The Kier molecular flexibility index (Phi) is 6.14. The van der Waals surface area contributed by atoms with Gasteiger partial charge in [-0.15, -0.1) is 0 Å². The molecule has 0 unspecified atom stereocenters. The fourth-order valence-electron chi connectivity index (χ4n) is 4.09. The molecular weight excluding hydrogens is 490 g/mol. The van der Waals surface area contributed by atoms with Crippen LogP contribution in [0.25, 0.3) is 11.0 Å². The zero-order valence-electron chi connectivity index (χ0n) is 19.5. The summed E-state index contributed by atoms with van der Waals surface area (Å²) in [6.07, 6.45) is 3.59. The highest BCUT2D eigenvalue weighted by Crippen LogP contribution is 2.41. The van der Waals surface area contributed by atoms with Crippen LogP contribution in [0.3, 0.4) is 0 Å². The number of carbonyl (C=O) groups is 1. The van der Waals surface area contributed by atoms with Crippen LogP contribution >= 0.6 is 0 Å². The van der Waals surface area contributed by atoms with Gasteiger partial charge in [0.05, 0.1) is 33.6 Å². The molecule has 0 aliphatic carbocycles. The van der Waals surface area contributed by atoms with Gasteiger partial charge in [0.1, 0.15) is 21.8 Å². The minimum atomic E-state index is -4.01. The van der Waals surface area contributed by atoms with E-state index in [9.17, 15) is 13.2 Å². The maximum Gasteiger partial charge on any atom is 0.407 e. The molecule has 0 radical (unpaired) electrons. The van der Waals surface area contributed by atoms with E-state index in [1.165, 1.54) is 20.3 Å². The number of para-hydroxylation sites is 1. The van der Waals surface area contributed by atoms with E-state index in [-0.39, 0.29) is 23.0 Å². The van der Waals surface area contributed by atoms with Crippen molar-refractivity contribution in [1.82, 2.24) is 20.3 Å². The number of fused-ring (bicyclic) bond motifs is 3. The number of nitrogens with zero attached hydrogens (tertiary/aromatic N) is 3. The third-order valence-corrected chi connectivity index (χ3v) is 7.12. The maximum atomic E-state index is 13.1. The summed E-state index contributed by atoms with van der Waals surface area (Å²) in [6, 6.07) is 8.11. The molecule has 0 saturated heterocycles. The second-order valence-corrected chi connectivity index (χ2v) is 9.64. The van der Waals surface area contributed by atoms with Crippen molar-refractivity contribution in [3.05, 3.63) is 59.4 Å². The molecular formula is C23H23N5O7S. The molecule has 13 heteroatoms. The van der Waals surface area contributed by atoms with Crippen LogP contribution in [-0.4, -0.2) is 50.3 Å². The lowest BCUT2D eigenvalue weighted by Gasteiger charge is -2.11. The van der Waals surface area contributed by atoms with E-state index in [1.54, 1.807) is 29.1 Å². The van der Waals surface area contributed by atoms with Crippen molar-refractivity contribution in [2.45, 2.75) is 24.4 Å². The van der Waals surface area contributed by atoms with Crippen LogP contribution in [0.15, 0.2) is 52.1 Å². The predicted octanol–water partition coefficient (Wildman–Crippen LogP) is 2.67. The molecule has 1 aliphatic rings. The van der Waals surface area contributed by atoms with Crippen molar-refractivity contribution in [3.8, 4) is 11.5 Å². The Morgan fingerprint density at radius 1 is 1.25 bits per heavy atom. The Bertz CT molecular complexity index is 1540. The summed E-state index contributed by atoms with van der Waals surface area (Å²) in [5, 5.41) is 11.4. The predicted molar refractivity (Wildman–Crippen MR) is 128 cm³/mol. The number of benzene rings is 2. The summed E-state index contributed by atoms with van der Waals surface area (Å²) >= 11 is 0. The van der Waals surface area contributed by atoms with Gasteiger partial charge in [0.25, 0.3) is 10.0 Å². The average Bonchev–Trinajstić information content (AvgIpc) is 3.62. The summed E-state index contributed by atoms with van der Waals surface area (Å²) in [7, 11) is -1.31. The van der Waals surface area contributed by atoms with E-state index < -0.39 is 16.1 Å². The lowest BCUT2D eigenvalue weighted by atomic mass is 10.0. The van der Waals surface area contributed by atoms with Crippen molar-refractivity contribution >= 4 is 32.9 Å². The van der Waals surface area contributed by atoms with Gasteiger partial charge in [-0.1, -0.05) is 17.3 Å². The topological polar surface area (TPSA) is 147 Å². The number of alkyl carbamates (subject to hydrolysis) is 1. The number of aromatic nitrogens is 3. The lowest BCUT2D eigenvalue weighted by molar-refractivity contribution is 0.170. The van der Waals surface area contributed by atoms with Crippen LogP contribution in [-0.2, 0) is 34.3 Å². The number of anilines is 1. The third-order valence-electron chi connectivity index (χ3n) is 5.74. The first-order valence-corrected chi connectivity index (χ1v) is 12.4. The van der Waals surface area contributed by atoms with Crippen molar-refractivity contribution in [3.63, 3.8) is 0 Å². The van der Waals surface area contributed by atoms with E-state index in [0.29, 0.717) is 36.3 Å². The molecule has 36 heavy (non-hydrogen) atoms. The first-order chi connectivity index (χ1) is 17.4. The second kappa shape index (κ2) is 9.41. The van der Waals surface area contributed by atoms with Crippen LogP contribution in [0.5, 0.6) is 11.5 Å². The smallest absolute Gasteiger partial charge is 0.407 e. The van der Waals surface area contributed by atoms with Crippen LogP contribution in [0.1, 0.15) is 16.7 Å². The Morgan fingerprint density at radius 2 is 2.08 bits per heavy atom. The fraction of sp³-hybridized carbons (Fsp3) is 0.261. The molecule has 0 bridgehead atoms. The molecule has 0 spiro atoms. The monoisotopic (exact) mass is 513 g/mol. The highest BCUT2D eigenvalue weighted by Gasteiger charge is 2.28. The SMILES string of the molecule is COC(=O)NCc1cnn(Cc2cc3onc(NS(=O)(=O)c4ccccc4OC)c3c3c2CCO3)c1. The molecule has 1 amide bonds. The van der Waals surface area contributed by atoms with Gasteiger partial charge in [0, 0.05) is 30.3 Å². The number of rotatable bonds is 8. The van der Waals surface area contributed by atoms with Gasteiger partial charge in [-0.25, -0.2) is 13.2 Å². The largest absolute Gasteiger partial charge is 0.495 e. The molecule has 0 atom stereocenters. The summed E-state index contributed by atoms with van der Waals surface area (Å²) in [5.74, 6) is 0.777. The van der Waals surface area contributed by atoms with Crippen molar-refractivity contribution in [2.24, 2.45) is 0 Å². The molecule has 1 aliphatic heterocycles. The fourth-order valence-corrected chi connectivity index (χ4v) is 5.27. The van der Waals surface area contributed by atoms with E-state index in [0.717, 1.165) is 16.7 Å². The Balaban J connectivity index is 1.44. The van der Waals surface area contributed by atoms with E-state index in [4.69, 9.17) is 14.0 Å². The minimum Gasteiger partial charge on any atom is -0.495 e. The highest BCUT2D eigenvalue weighted by atomic mass is 32.2. The summed E-state index contributed by atoms with van der Waals surface area (Å²) in [4.78, 5) is 11.3. The molecule has 2 N–H and O–H groups in total. The number of hydrogen-bond donors (Lipinski definition) is 2. The second-order valence-electron chi connectivity index (χ2n) is 7.99. The van der Waals surface area contributed by atoms with Crippen LogP contribution in [0.4, 0.5) is 10.6 Å². The summed E-state index contributed by atoms with van der Waals surface area (Å²) in [5.41, 5.74) is 3.01. The van der Waals surface area contributed by atoms with Crippen molar-refractivity contribution < 1.29 is 31.9 Å². The lowest BCUT2D eigenvalue weighted by Crippen LogP contribution is -2.21. The van der Waals surface area contributed by atoms with Crippen LogP contribution in [0, 0.1) is 0 Å². The number of amides is 1. The Labute approximate surface area is 206 Å². The van der Waals surface area contributed by atoms with Crippen LogP contribution < -0.4 is 19.5 Å². The first-order valence-electron chi connectivity index (χ1n) is 11.0. The highest BCUT2D eigenvalue weighted by molar-refractivity contribution is 7.92. The number of sulfonamides is 1. The van der Waals surface area contributed by atoms with Gasteiger partial charge in [0.15, 0.2) is 11.4 Å². The number of methoxy groups -OCH3 is 2. The van der Waals surface area contributed by atoms with E-state index >= 15 is 0 Å². The molecule has 188 valence electrons. The molecule has 12 nitrogen and oxygen atoms in total. The zero-order chi connectivity index (χ0) is 25.3. The quantitative estimate of drug-likeness (QED) is 0.363. The molecule has 3 heterocycles. The number of carbonyl (C=O) groups excluding carboxylic acids is 1. The number of hydrogen-bond acceptors (Lipinski definition) is 9. The average molecular weight is 514 g/mol. The zero-order valence-corrected chi connectivity index (χ0v) is 20.3. The van der Waals surface area contributed by atoms with Gasteiger partial charge in [-0.2, -0.15) is 5.10 Å². The first kappa shape index (κ1) is 23.5. The summed E-state index contributed by atoms with van der Waals surface area (Å²) < 4.78 is 51.6. The molecule has 2 aromatic heterocycles. The standard InChI is InChI=1S/C23H23N5O7S/c1-32-17-5-3-4-6-19(17)36(30,31)27-22-20-18(35-26-22)9-15(16-7-8-34-21(16)20)13-28-12-14(11-25-28)10-24-23(29)33-2/h3-6,9,11-12H,7-8,10,13H2,1-2H3,(H,24,29)(H,26,27). The molecule has 4 aromatic rings. The normalized spacial score (nSPS) is 12.7. The van der Waals surface area contributed by atoms with Crippen molar-refractivity contribution in [2.75, 3.05) is 25.5 Å². The van der Waals surface area contributed by atoms with Gasteiger partial charge < -0.3 is 24.1 Å². The van der Waals surface area contributed by atoms with Gasteiger partial charge in [-0.05, 0) is 23.8 Å². The Hall–Kier alpha value is -4.26. The van der Waals surface area contributed by atoms with Crippen molar-refractivity contribution in [1.29, 1.82) is 0 Å². The number of nitrogens with one attached hydrogen (secondary N) is 2. The maximum absolute atomic E-state index is 13.1. The van der Waals surface area contributed by atoms with Gasteiger partial charge in [0.2, 0.25) is 0 Å².